The highest BCUT2D eigenvalue weighted by Crippen LogP contribution is 1.91. The first-order valence-corrected chi connectivity index (χ1v) is 5.43. The molecule has 90 valence electrons. The van der Waals surface area contributed by atoms with Gasteiger partial charge in [-0.15, -0.1) is 0 Å². The van der Waals surface area contributed by atoms with Gasteiger partial charge in [-0.05, 0) is 6.07 Å². The summed E-state index contributed by atoms with van der Waals surface area (Å²) in [5.74, 6) is 0. The second kappa shape index (κ2) is 6.40. The minimum absolute atomic E-state index is 0.0923. The van der Waals surface area contributed by atoms with Crippen molar-refractivity contribution in [2.75, 3.05) is 13.7 Å². The Kier molecular flexibility index (Phi) is 5.14. The molecule has 1 aromatic rings. The summed E-state index contributed by atoms with van der Waals surface area (Å²) in [7, 11) is 1.61. The average molecular weight is 225 g/mol. The van der Waals surface area contributed by atoms with Gasteiger partial charge in [-0.3, -0.25) is 4.79 Å². The van der Waals surface area contributed by atoms with Crippen molar-refractivity contribution in [3.05, 3.63) is 28.2 Å². The summed E-state index contributed by atoms with van der Waals surface area (Å²) in [4.78, 5) is 11.4. The summed E-state index contributed by atoms with van der Waals surface area (Å²) < 4.78 is 6.35. The van der Waals surface area contributed by atoms with Gasteiger partial charge in [-0.1, -0.05) is 13.8 Å². The first kappa shape index (κ1) is 12.9. The van der Waals surface area contributed by atoms with Gasteiger partial charge in [-0.2, -0.15) is 5.10 Å². The van der Waals surface area contributed by atoms with E-state index in [2.05, 4.69) is 24.3 Å². The fourth-order valence-corrected chi connectivity index (χ4v) is 1.23. The van der Waals surface area contributed by atoms with Crippen LogP contribution in [0.1, 0.15) is 19.5 Å². The number of hydrogen-bond acceptors (Lipinski definition) is 4. The Bertz CT molecular complexity index is 374. The Hall–Kier alpha value is -1.20. The summed E-state index contributed by atoms with van der Waals surface area (Å²) in [6, 6.07) is 3.70. The van der Waals surface area contributed by atoms with Crippen LogP contribution in [0, 0.1) is 0 Å². The number of nitrogens with zero attached hydrogens (tertiary/aromatic N) is 2. The van der Waals surface area contributed by atoms with Crippen molar-refractivity contribution in [2.24, 2.45) is 0 Å². The number of nitrogens with one attached hydrogen (secondary N) is 1. The van der Waals surface area contributed by atoms with Crippen LogP contribution in [-0.4, -0.2) is 29.5 Å². The Balaban J connectivity index is 2.69. The maximum absolute atomic E-state index is 11.4. The van der Waals surface area contributed by atoms with E-state index in [0.29, 0.717) is 25.7 Å². The molecule has 5 nitrogen and oxygen atoms in total. The van der Waals surface area contributed by atoms with E-state index in [1.54, 1.807) is 19.2 Å². The molecule has 0 bridgehead atoms. The molecule has 0 aliphatic rings. The third-order valence-corrected chi connectivity index (χ3v) is 2.12. The van der Waals surface area contributed by atoms with Gasteiger partial charge >= 0.3 is 0 Å². The lowest BCUT2D eigenvalue weighted by Gasteiger charge is -2.09. The summed E-state index contributed by atoms with van der Waals surface area (Å²) >= 11 is 0. The average Bonchev–Trinajstić information content (AvgIpc) is 2.26. The lowest BCUT2D eigenvalue weighted by molar-refractivity contribution is 0.181. The monoisotopic (exact) mass is 225 g/mol. The van der Waals surface area contributed by atoms with Gasteiger partial charge in [0.1, 0.15) is 0 Å². The zero-order chi connectivity index (χ0) is 12.0. The van der Waals surface area contributed by atoms with Crippen LogP contribution < -0.4 is 10.9 Å². The molecule has 0 atom stereocenters. The molecular weight excluding hydrogens is 206 g/mol. The molecule has 1 rings (SSSR count). The molecule has 5 heteroatoms. The molecule has 0 aliphatic carbocycles. The molecular formula is C11H19N3O2. The van der Waals surface area contributed by atoms with Gasteiger partial charge in [0.2, 0.25) is 0 Å². The molecule has 0 unspecified atom stereocenters. The van der Waals surface area contributed by atoms with Gasteiger partial charge in [0.15, 0.2) is 0 Å². The van der Waals surface area contributed by atoms with E-state index in [1.165, 1.54) is 4.68 Å². The molecule has 1 heterocycles. The van der Waals surface area contributed by atoms with Crippen LogP contribution in [0.5, 0.6) is 0 Å². The van der Waals surface area contributed by atoms with E-state index in [1.807, 2.05) is 0 Å². The minimum Gasteiger partial charge on any atom is -0.383 e. The predicted octanol–water partition coefficient (Wildman–Crippen LogP) is 0.388. The fraction of sp³-hybridized carbons (Fsp3) is 0.636. The number of rotatable bonds is 6. The van der Waals surface area contributed by atoms with Gasteiger partial charge in [0, 0.05) is 25.8 Å². The molecule has 1 N–H and O–H groups in total. The van der Waals surface area contributed by atoms with Crippen molar-refractivity contribution in [1.29, 1.82) is 0 Å². The van der Waals surface area contributed by atoms with E-state index in [-0.39, 0.29) is 5.56 Å². The normalized spacial score (nSPS) is 11.0. The Morgan fingerprint density at radius 3 is 2.88 bits per heavy atom. The zero-order valence-electron chi connectivity index (χ0n) is 10.1. The van der Waals surface area contributed by atoms with Crippen LogP contribution in [0.2, 0.25) is 0 Å². The molecule has 0 radical (unpaired) electrons. The van der Waals surface area contributed by atoms with Crippen LogP contribution in [0.4, 0.5) is 0 Å². The topological polar surface area (TPSA) is 56.1 Å². The molecule has 16 heavy (non-hydrogen) atoms. The zero-order valence-corrected chi connectivity index (χ0v) is 10.1. The lowest BCUT2D eigenvalue weighted by atomic mass is 10.3. The standard InChI is InChI=1S/C11H19N3O2/c1-9(2)12-8-10-4-5-11(15)14(13-10)6-7-16-3/h4-5,9,12H,6-8H2,1-3H3. The van der Waals surface area contributed by atoms with Crippen molar-refractivity contribution in [3.63, 3.8) is 0 Å². The van der Waals surface area contributed by atoms with E-state index in [9.17, 15) is 4.79 Å². The summed E-state index contributed by atoms with van der Waals surface area (Å²) in [6.45, 7) is 5.80. The first-order valence-electron chi connectivity index (χ1n) is 5.43. The van der Waals surface area contributed by atoms with Gasteiger partial charge in [-0.25, -0.2) is 4.68 Å². The molecule has 0 aromatic carbocycles. The molecule has 0 fully saturated rings. The summed E-state index contributed by atoms with van der Waals surface area (Å²) in [6.07, 6.45) is 0. The SMILES string of the molecule is COCCn1nc(CNC(C)C)ccc1=O. The maximum atomic E-state index is 11.4. The highest BCUT2D eigenvalue weighted by molar-refractivity contribution is 5.00. The molecule has 0 saturated carbocycles. The number of hydrogen-bond donors (Lipinski definition) is 1. The maximum Gasteiger partial charge on any atom is 0.266 e. The fourth-order valence-electron chi connectivity index (χ4n) is 1.23. The van der Waals surface area contributed by atoms with Crippen LogP contribution in [0.25, 0.3) is 0 Å². The third-order valence-electron chi connectivity index (χ3n) is 2.12. The smallest absolute Gasteiger partial charge is 0.266 e. The van der Waals surface area contributed by atoms with Crippen LogP contribution in [0.3, 0.4) is 0 Å². The molecule has 0 aliphatic heterocycles. The van der Waals surface area contributed by atoms with Crippen molar-refractivity contribution in [2.45, 2.75) is 33.0 Å². The Morgan fingerprint density at radius 1 is 1.50 bits per heavy atom. The van der Waals surface area contributed by atoms with Crippen molar-refractivity contribution in [3.8, 4) is 0 Å². The highest BCUT2D eigenvalue weighted by Gasteiger charge is 2.01. The van der Waals surface area contributed by atoms with Crippen molar-refractivity contribution >= 4 is 0 Å². The molecule has 0 amide bonds. The third kappa shape index (κ3) is 4.12. The molecule has 0 saturated heterocycles. The van der Waals surface area contributed by atoms with E-state index < -0.39 is 0 Å². The summed E-state index contributed by atoms with van der Waals surface area (Å²) in [5, 5.41) is 7.50. The van der Waals surface area contributed by atoms with Gasteiger partial charge < -0.3 is 10.1 Å². The van der Waals surface area contributed by atoms with Crippen molar-refractivity contribution in [1.82, 2.24) is 15.1 Å². The highest BCUT2D eigenvalue weighted by atomic mass is 16.5. The Morgan fingerprint density at radius 2 is 2.25 bits per heavy atom. The minimum atomic E-state index is -0.0923. The quantitative estimate of drug-likeness (QED) is 0.761. The first-order chi connectivity index (χ1) is 7.63. The largest absolute Gasteiger partial charge is 0.383 e. The van der Waals surface area contributed by atoms with E-state index in [0.717, 1.165) is 5.69 Å². The molecule has 0 spiro atoms. The van der Waals surface area contributed by atoms with Crippen LogP contribution in [-0.2, 0) is 17.8 Å². The molecule has 1 aromatic heterocycles. The van der Waals surface area contributed by atoms with Crippen LogP contribution >= 0.6 is 0 Å². The van der Waals surface area contributed by atoms with E-state index in [4.69, 9.17) is 4.74 Å². The Labute approximate surface area is 95.4 Å². The second-order valence-corrected chi connectivity index (χ2v) is 3.91. The van der Waals surface area contributed by atoms with Gasteiger partial charge in [0.05, 0.1) is 18.8 Å². The van der Waals surface area contributed by atoms with Crippen molar-refractivity contribution < 1.29 is 4.74 Å². The predicted molar refractivity (Wildman–Crippen MR) is 62.3 cm³/mol. The van der Waals surface area contributed by atoms with Crippen LogP contribution in [0.15, 0.2) is 16.9 Å². The van der Waals surface area contributed by atoms with Gasteiger partial charge in [0.25, 0.3) is 5.56 Å². The van der Waals surface area contributed by atoms with E-state index >= 15 is 0 Å². The summed E-state index contributed by atoms with van der Waals surface area (Å²) in [5.41, 5.74) is 0.773. The number of aromatic nitrogens is 2. The number of methoxy groups -OCH3 is 1. The number of ether oxygens (including phenoxy) is 1. The second-order valence-electron chi connectivity index (χ2n) is 3.91. The lowest BCUT2D eigenvalue weighted by Crippen LogP contribution is -2.28.